The van der Waals surface area contributed by atoms with Crippen LogP contribution in [0.25, 0.3) is 22.1 Å². The van der Waals surface area contributed by atoms with Crippen molar-refractivity contribution in [3.8, 4) is 0 Å². The molecule has 50 heavy (non-hydrogen) atoms. The number of fused-ring (bicyclic) bond motifs is 2. The first-order valence-corrected chi connectivity index (χ1v) is 17.5. The molecule has 5 heterocycles. The van der Waals surface area contributed by atoms with Crippen molar-refractivity contribution in [3.05, 3.63) is 70.5 Å². The first kappa shape index (κ1) is 35.9. The normalized spacial score (nSPS) is 14.7. The summed E-state index contributed by atoms with van der Waals surface area (Å²) in [4.78, 5) is 50.0. The lowest BCUT2D eigenvalue weighted by Crippen LogP contribution is -2.49. The first-order valence-electron chi connectivity index (χ1n) is 15.6. The number of piperazine rings is 1. The third-order valence-electron chi connectivity index (χ3n) is 7.56. The van der Waals surface area contributed by atoms with Crippen molar-refractivity contribution in [2.24, 2.45) is 0 Å². The lowest BCUT2D eigenvalue weighted by molar-refractivity contribution is -0.0173. The molecule has 1 fully saturated rings. The number of aromatic nitrogens is 6. The fraction of sp³-hybridized carbons (Fsp3) is 0.355. The van der Waals surface area contributed by atoms with E-state index in [9.17, 15) is 28.2 Å². The van der Waals surface area contributed by atoms with Crippen molar-refractivity contribution in [2.45, 2.75) is 32.1 Å². The van der Waals surface area contributed by atoms with E-state index in [-0.39, 0.29) is 28.7 Å². The van der Waals surface area contributed by atoms with Crippen LogP contribution in [0, 0.1) is 0 Å². The van der Waals surface area contributed by atoms with Gasteiger partial charge < -0.3 is 41.2 Å². The van der Waals surface area contributed by atoms with E-state index in [1.165, 1.54) is 0 Å². The summed E-state index contributed by atoms with van der Waals surface area (Å²) in [6.45, 7) is 6.11. The van der Waals surface area contributed by atoms with Crippen molar-refractivity contribution in [1.82, 2.24) is 34.8 Å². The number of anilines is 4. The molecule has 1 aliphatic heterocycles. The summed E-state index contributed by atoms with van der Waals surface area (Å²) in [6, 6.07) is 11.2. The van der Waals surface area contributed by atoms with Crippen LogP contribution < -0.4 is 26.2 Å². The Morgan fingerprint density at radius 1 is 1.06 bits per heavy atom. The third kappa shape index (κ3) is 8.61. The number of nitrogen functional groups attached to an aromatic ring is 1. The highest BCUT2D eigenvalue weighted by atomic mass is 32.2. The Morgan fingerprint density at radius 3 is 2.48 bits per heavy atom. The number of sulfonamides is 1. The fourth-order valence-electron chi connectivity index (χ4n) is 5.28. The van der Waals surface area contributed by atoms with E-state index in [0.29, 0.717) is 43.6 Å². The maximum Gasteiger partial charge on any atom is 0.280 e. The van der Waals surface area contributed by atoms with Gasteiger partial charge in [0.1, 0.15) is 17.9 Å². The number of hydrogen-bond donors (Lipinski definition) is 8. The highest BCUT2D eigenvalue weighted by Crippen LogP contribution is 2.26. The Labute approximate surface area is 286 Å². The number of aliphatic hydroxyl groups is 3. The van der Waals surface area contributed by atoms with Crippen LogP contribution >= 0.6 is 0 Å². The summed E-state index contributed by atoms with van der Waals surface area (Å²) >= 11 is 0. The molecule has 19 heteroatoms. The fourth-order valence-corrected chi connectivity index (χ4v) is 5.83. The number of H-pyrrole nitrogens is 2. The van der Waals surface area contributed by atoms with Gasteiger partial charge in [0.05, 0.1) is 30.4 Å². The van der Waals surface area contributed by atoms with Crippen LogP contribution in [0.3, 0.4) is 0 Å². The number of benzene rings is 1. The van der Waals surface area contributed by atoms with Crippen molar-refractivity contribution in [2.75, 3.05) is 59.7 Å². The van der Waals surface area contributed by atoms with E-state index >= 15 is 0 Å². The lowest BCUT2D eigenvalue weighted by atomic mass is 10.1. The Hall–Kier alpha value is -5.37. The van der Waals surface area contributed by atoms with E-state index in [1.807, 2.05) is 17.0 Å². The summed E-state index contributed by atoms with van der Waals surface area (Å²) in [5.41, 5.74) is 7.36. The van der Waals surface area contributed by atoms with Crippen molar-refractivity contribution >= 4 is 61.1 Å². The van der Waals surface area contributed by atoms with Crippen LogP contribution in [0.4, 0.5) is 23.1 Å². The van der Waals surface area contributed by atoms with Gasteiger partial charge in [-0.2, -0.15) is 4.98 Å². The third-order valence-corrected chi connectivity index (χ3v) is 8.17. The number of carbonyl (C=O) groups excluding carboxylic acids is 1. The number of rotatable bonds is 9. The predicted molar refractivity (Wildman–Crippen MR) is 188 cm³/mol. The summed E-state index contributed by atoms with van der Waals surface area (Å²) < 4.78 is 25.4. The lowest BCUT2D eigenvalue weighted by Gasteiger charge is -2.36. The predicted octanol–water partition coefficient (Wildman–Crippen LogP) is 0.399. The van der Waals surface area contributed by atoms with E-state index in [0.717, 1.165) is 34.9 Å². The molecule has 4 aromatic heterocycles. The molecule has 5 aromatic rings. The van der Waals surface area contributed by atoms with Gasteiger partial charge >= 0.3 is 0 Å². The minimum Gasteiger partial charge on any atom is -0.394 e. The zero-order valence-corrected chi connectivity index (χ0v) is 28.3. The van der Waals surface area contributed by atoms with Gasteiger partial charge in [0.25, 0.3) is 11.5 Å². The van der Waals surface area contributed by atoms with Gasteiger partial charge in [-0.25, -0.2) is 23.4 Å². The molecule has 0 radical (unpaired) electrons. The van der Waals surface area contributed by atoms with Crippen molar-refractivity contribution in [1.29, 1.82) is 0 Å². The standard InChI is InChI=1S/C22H28N6O3S.C9H11N5O4/c1-15(2)24-19-5-4-8-23-21(19)27-9-11-28(12-10-27)22(29)20-14-16-13-17(26-32(3,30)31)6-7-18(16)25-20;10-9-13-7-5(8(18)14-9)12-3(1-11-7)6(17)4(16)2-15/h4-8,13-15,24-26H,9-12H2,1-3H3;1,4,6,15-17H,2H2,(H3,10,11,13,14,18)/t;4-,6+/m.1/s1. The smallest absolute Gasteiger partial charge is 0.280 e. The summed E-state index contributed by atoms with van der Waals surface area (Å²) in [6.07, 6.45) is 1.20. The number of nitrogens with one attached hydrogen (secondary N) is 4. The molecule has 1 aromatic carbocycles. The van der Waals surface area contributed by atoms with Crippen molar-refractivity contribution in [3.63, 3.8) is 0 Å². The van der Waals surface area contributed by atoms with Gasteiger partial charge in [-0.15, -0.1) is 0 Å². The second-order valence-electron chi connectivity index (χ2n) is 11.9. The topological polar surface area (TPSA) is 269 Å². The number of aromatic amines is 2. The first-order chi connectivity index (χ1) is 23.7. The molecule has 0 unspecified atom stereocenters. The number of carbonyl (C=O) groups is 1. The quantitative estimate of drug-likeness (QED) is 0.103. The second-order valence-corrected chi connectivity index (χ2v) is 13.7. The van der Waals surface area contributed by atoms with Crippen LogP contribution in [-0.4, -0.2) is 116 Å². The van der Waals surface area contributed by atoms with E-state index in [2.05, 4.69) is 58.7 Å². The molecule has 0 spiro atoms. The summed E-state index contributed by atoms with van der Waals surface area (Å²) in [5, 5.41) is 31.8. The highest BCUT2D eigenvalue weighted by Gasteiger charge is 2.25. The minimum absolute atomic E-state index is 0.0330. The number of nitrogens with two attached hydrogens (primary N) is 1. The number of aliphatic hydroxyl groups excluding tert-OH is 3. The van der Waals surface area contributed by atoms with Gasteiger partial charge in [-0.05, 0) is 50.2 Å². The van der Waals surface area contributed by atoms with E-state index < -0.39 is 34.4 Å². The second kappa shape index (κ2) is 15.0. The number of hydrogen-bond acceptors (Lipinski definition) is 14. The molecular weight excluding hydrogens is 670 g/mol. The number of nitrogens with zero attached hydrogens (tertiary/aromatic N) is 6. The van der Waals surface area contributed by atoms with Crippen LogP contribution in [0.1, 0.15) is 36.1 Å². The average Bonchev–Trinajstić information content (AvgIpc) is 3.50. The molecule has 2 atom stereocenters. The van der Waals surface area contributed by atoms with Crippen LogP contribution in [-0.2, 0) is 10.0 Å². The molecule has 266 valence electrons. The van der Waals surface area contributed by atoms with Gasteiger partial charge in [0.15, 0.2) is 17.0 Å². The van der Waals surface area contributed by atoms with Crippen LogP contribution in [0.5, 0.6) is 0 Å². The number of pyridine rings is 1. The van der Waals surface area contributed by atoms with E-state index in [1.54, 1.807) is 30.5 Å². The molecule has 0 saturated carbocycles. The average molecular weight is 710 g/mol. The molecule has 0 aliphatic carbocycles. The minimum atomic E-state index is -3.36. The molecule has 1 aliphatic rings. The molecule has 1 amide bonds. The van der Waals surface area contributed by atoms with E-state index in [4.69, 9.17) is 10.8 Å². The molecule has 9 N–H and O–H groups in total. The maximum absolute atomic E-state index is 13.1. The molecule has 1 saturated heterocycles. The zero-order valence-electron chi connectivity index (χ0n) is 27.5. The summed E-state index contributed by atoms with van der Waals surface area (Å²) in [7, 11) is -3.36. The van der Waals surface area contributed by atoms with Gasteiger partial charge in [0.2, 0.25) is 16.0 Å². The maximum atomic E-state index is 13.1. The van der Waals surface area contributed by atoms with Crippen LogP contribution in [0.2, 0.25) is 0 Å². The molecule has 18 nitrogen and oxygen atoms in total. The van der Waals surface area contributed by atoms with Gasteiger partial charge in [0, 0.05) is 55.0 Å². The largest absolute Gasteiger partial charge is 0.394 e. The van der Waals surface area contributed by atoms with Gasteiger partial charge in [-0.3, -0.25) is 19.3 Å². The molecule has 0 bridgehead atoms. The van der Waals surface area contributed by atoms with Gasteiger partial charge in [-0.1, -0.05) is 0 Å². The highest BCUT2D eigenvalue weighted by molar-refractivity contribution is 7.92. The molecular formula is C31H39N11O7S. The Balaban J connectivity index is 0.000000228. The molecule has 6 rings (SSSR count). The Morgan fingerprint density at radius 2 is 1.80 bits per heavy atom. The zero-order chi connectivity index (χ0) is 36.2. The number of amides is 1. The Bertz CT molecular complexity index is 2150. The SMILES string of the molecule is CC(C)Nc1cccnc1N1CCN(C(=O)c2cc3cc(NS(C)(=O)=O)ccc3[nH]2)CC1.Nc1nc2ncc([C@H](O)[C@H](O)CO)nc2c(=O)[nH]1. The summed E-state index contributed by atoms with van der Waals surface area (Å²) in [5.74, 6) is 0.746. The Kier molecular flexibility index (Phi) is 10.8. The van der Waals surface area contributed by atoms with Crippen LogP contribution in [0.15, 0.2) is 53.6 Å². The van der Waals surface area contributed by atoms with Crippen molar-refractivity contribution < 1.29 is 28.5 Å². The monoisotopic (exact) mass is 709 g/mol.